The molecule has 5 rings (SSSR count). The number of anilines is 1. The summed E-state index contributed by atoms with van der Waals surface area (Å²) < 4.78 is 41.6. The molecule has 1 amide bonds. The zero-order valence-corrected chi connectivity index (χ0v) is 20.6. The number of benzene rings is 3. The lowest BCUT2D eigenvalue weighted by Crippen LogP contribution is -2.17. The molecular formula is C30H27F3N4O. The number of nitrogens with one attached hydrogen (secondary N) is 1. The maximum absolute atomic E-state index is 13.5. The van der Waals surface area contributed by atoms with E-state index in [9.17, 15) is 18.0 Å². The molecule has 0 unspecified atom stereocenters. The summed E-state index contributed by atoms with van der Waals surface area (Å²) in [7, 11) is 0. The highest BCUT2D eigenvalue weighted by Gasteiger charge is 2.36. The minimum atomic E-state index is -4.71. The zero-order valence-electron chi connectivity index (χ0n) is 20.6. The fourth-order valence-corrected chi connectivity index (χ4v) is 4.31. The van der Waals surface area contributed by atoms with Crippen LogP contribution in [0.5, 0.6) is 0 Å². The van der Waals surface area contributed by atoms with Crippen molar-refractivity contribution < 1.29 is 18.0 Å². The Labute approximate surface area is 218 Å². The summed E-state index contributed by atoms with van der Waals surface area (Å²) in [6, 6.07) is 24.7. The van der Waals surface area contributed by atoms with Gasteiger partial charge in [-0.05, 0) is 71.7 Å². The van der Waals surface area contributed by atoms with Gasteiger partial charge in [-0.1, -0.05) is 60.7 Å². The summed E-state index contributed by atoms with van der Waals surface area (Å²) in [6.07, 6.45) is 0.959. The van der Waals surface area contributed by atoms with Crippen molar-refractivity contribution in [2.45, 2.75) is 32.0 Å². The largest absolute Gasteiger partial charge is 0.435 e. The van der Waals surface area contributed by atoms with E-state index in [-0.39, 0.29) is 12.2 Å². The maximum atomic E-state index is 13.5. The number of rotatable bonds is 8. The van der Waals surface area contributed by atoms with Gasteiger partial charge in [0.05, 0.1) is 5.69 Å². The van der Waals surface area contributed by atoms with Crippen LogP contribution in [-0.4, -0.2) is 15.7 Å². The average molecular weight is 517 g/mol. The average Bonchev–Trinajstić information content (AvgIpc) is 3.63. The van der Waals surface area contributed by atoms with Crippen LogP contribution in [0, 0.1) is 5.92 Å². The lowest BCUT2D eigenvalue weighted by Gasteiger charge is -2.12. The number of alkyl halides is 3. The summed E-state index contributed by atoms with van der Waals surface area (Å²) >= 11 is 0. The minimum Gasteiger partial charge on any atom is -0.326 e. The van der Waals surface area contributed by atoms with Gasteiger partial charge >= 0.3 is 6.18 Å². The van der Waals surface area contributed by atoms with Gasteiger partial charge in [0.2, 0.25) is 0 Å². The Bertz CT molecular complexity index is 1470. The molecule has 5 nitrogen and oxygen atoms in total. The van der Waals surface area contributed by atoms with E-state index in [0.29, 0.717) is 22.9 Å². The Morgan fingerprint density at radius 1 is 0.974 bits per heavy atom. The van der Waals surface area contributed by atoms with Crippen molar-refractivity contribution in [3.63, 3.8) is 0 Å². The Morgan fingerprint density at radius 2 is 1.71 bits per heavy atom. The maximum Gasteiger partial charge on any atom is 0.435 e. The number of nitrogens with zero attached hydrogens (tertiary/aromatic N) is 2. The number of hydrogen-bond donors (Lipinski definition) is 2. The molecule has 0 atom stereocenters. The number of halogens is 3. The first-order valence-electron chi connectivity index (χ1n) is 12.5. The van der Waals surface area contributed by atoms with Gasteiger partial charge in [0, 0.05) is 18.3 Å². The number of nitrogens with two attached hydrogens (primary N) is 1. The molecular weight excluding hydrogens is 489 g/mol. The van der Waals surface area contributed by atoms with Crippen LogP contribution in [0.1, 0.15) is 52.1 Å². The summed E-state index contributed by atoms with van der Waals surface area (Å²) in [5.41, 5.74) is 8.83. The van der Waals surface area contributed by atoms with E-state index in [2.05, 4.69) is 16.5 Å². The number of amides is 1. The fraction of sp³-hybridized carbons (Fsp3) is 0.200. The quantitative estimate of drug-likeness (QED) is 0.270. The van der Waals surface area contributed by atoms with E-state index < -0.39 is 17.8 Å². The number of hydrogen-bond acceptors (Lipinski definition) is 3. The molecule has 3 aromatic carbocycles. The Hall–Kier alpha value is -4.17. The minimum absolute atomic E-state index is 0.202. The van der Waals surface area contributed by atoms with Crippen molar-refractivity contribution in [1.82, 2.24) is 9.78 Å². The van der Waals surface area contributed by atoms with E-state index >= 15 is 0 Å². The van der Waals surface area contributed by atoms with Crippen molar-refractivity contribution in [1.29, 1.82) is 0 Å². The molecule has 0 bridgehead atoms. The molecule has 1 saturated carbocycles. The molecule has 1 heterocycles. The van der Waals surface area contributed by atoms with Crippen LogP contribution in [0.4, 0.5) is 18.9 Å². The predicted octanol–water partition coefficient (Wildman–Crippen LogP) is 6.83. The van der Waals surface area contributed by atoms with Crippen molar-refractivity contribution >= 4 is 17.2 Å². The third-order valence-electron chi connectivity index (χ3n) is 6.49. The highest BCUT2D eigenvalue weighted by atomic mass is 19.4. The van der Waals surface area contributed by atoms with Crippen molar-refractivity contribution in [2.24, 2.45) is 11.7 Å². The van der Waals surface area contributed by atoms with Crippen LogP contribution in [-0.2, 0) is 12.7 Å². The molecule has 0 radical (unpaired) electrons. The first-order valence-corrected chi connectivity index (χ1v) is 12.5. The number of carbonyl (C=O) groups excluding carboxylic acids is 1. The number of allylic oxidation sites excluding steroid dienone is 1. The first kappa shape index (κ1) is 25.5. The molecule has 1 aromatic heterocycles. The molecule has 3 N–H and O–H groups in total. The van der Waals surface area contributed by atoms with E-state index in [4.69, 9.17) is 5.73 Å². The van der Waals surface area contributed by atoms with Gasteiger partial charge in [-0.3, -0.25) is 4.79 Å². The molecule has 0 spiro atoms. The molecule has 4 aromatic rings. The van der Waals surface area contributed by atoms with Gasteiger partial charge in [-0.25, -0.2) is 4.68 Å². The second-order valence-corrected chi connectivity index (χ2v) is 9.40. The molecule has 0 saturated heterocycles. The predicted molar refractivity (Wildman–Crippen MR) is 142 cm³/mol. The lowest BCUT2D eigenvalue weighted by molar-refractivity contribution is -0.141. The van der Waals surface area contributed by atoms with Crippen LogP contribution in [0.15, 0.2) is 91.0 Å². The monoisotopic (exact) mass is 516 g/mol. The summed E-state index contributed by atoms with van der Waals surface area (Å²) in [4.78, 5) is 13.3. The van der Waals surface area contributed by atoms with Gasteiger partial charge in [0.1, 0.15) is 5.69 Å². The van der Waals surface area contributed by atoms with Gasteiger partial charge in [-0.2, -0.15) is 18.3 Å². The smallest absolute Gasteiger partial charge is 0.326 e. The van der Waals surface area contributed by atoms with Crippen molar-refractivity contribution in [2.75, 3.05) is 5.32 Å². The molecule has 1 aliphatic carbocycles. The summed E-state index contributed by atoms with van der Waals surface area (Å²) in [6.45, 7) is 0.202. The first-order chi connectivity index (χ1) is 18.3. The highest BCUT2D eigenvalue weighted by Crippen LogP contribution is 2.35. The standard InChI is InChI=1S/C30H27F3N4O/c31-30(32,33)28-18-27(37(36-28)25-11-4-6-21(16-25)19-34)29(38)35-24-10-5-9-23(17-24)26(15-14-20-12-13-20)22-7-2-1-3-8-22/h1-11,15-18,20H,12-14,19,34H2,(H,35,38)/b26-15+. The van der Waals surface area contributed by atoms with Crippen molar-refractivity contribution in [3.8, 4) is 5.69 Å². The van der Waals surface area contributed by atoms with Gasteiger partial charge < -0.3 is 11.1 Å². The Morgan fingerprint density at radius 3 is 2.42 bits per heavy atom. The van der Waals surface area contributed by atoms with Gasteiger partial charge in [0.25, 0.3) is 5.91 Å². The topological polar surface area (TPSA) is 72.9 Å². The molecule has 38 heavy (non-hydrogen) atoms. The second kappa shape index (κ2) is 10.7. The van der Waals surface area contributed by atoms with Crippen LogP contribution < -0.4 is 11.1 Å². The van der Waals surface area contributed by atoms with E-state index in [1.165, 1.54) is 12.8 Å². The SMILES string of the molecule is NCc1cccc(-n2nc(C(F)(F)F)cc2C(=O)Nc2cccc(/C(=C/CC3CC3)c3ccccc3)c2)c1. The Kier molecular flexibility index (Phi) is 7.15. The molecule has 0 aliphatic heterocycles. The lowest BCUT2D eigenvalue weighted by atomic mass is 9.96. The molecule has 8 heteroatoms. The van der Waals surface area contributed by atoms with E-state index in [1.807, 2.05) is 48.5 Å². The van der Waals surface area contributed by atoms with Crippen molar-refractivity contribution in [3.05, 3.63) is 119 Å². The molecule has 1 aliphatic rings. The van der Waals surface area contributed by atoms with Crippen LogP contribution >= 0.6 is 0 Å². The van der Waals surface area contributed by atoms with Crippen LogP contribution in [0.2, 0.25) is 0 Å². The van der Waals surface area contributed by atoms with Crippen LogP contribution in [0.3, 0.4) is 0 Å². The Balaban J connectivity index is 1.47. The number of aromatic nitrogens is 2. The molecule has 194 valence electrons. The second-order valence-electron chi connectivity index (χ2n) is 9.40. The third kappa shape index (κ3) is 5.86. The normalized spacial score (nSPS) is 13.9. The van der Waals surface area contributed by atoms with Gasteiger partial charge in [-0.15, -0.1) is 0 Å². The zero-order chi connectivity index (χ0) is 26.7. The highest BCUT2D eigenvalue weighted by molar-refractivity contribution is 6.04. The fourth-order valence-electron chi connectivity index (χ4n) is 4.31. The summed E-state index contributed by atoms with van der Waals surface area (Å²) in [5.74, 6) is 0.00371. The third-order valence-corrected chi connectivity index (χ3v) is 6.49. The van der Waals surface area contributed by atoms with E-state index in [0.717, 1.165) is 33.9 Å². The molecule has 1 fully saturated rings. The van der Waals surface area contributed by atoms with Crippen LogP contribution in [0.25, 0.3) is 11.3 Å². The van der Waals surface area contributed by atoms with Gasteiger partial charge in [0.15, 0.2) is 5.69 Å². The summed E-state index contributed by atoms with van der Waals surface area (Å²) in [5, 5.41) is 6.47. The number of carbonyl (C=O) groups is 1. The van der Waals surface area contributed by atoms with E-state index in [1.54, 1.807) is 30.3 Å².